The minimum Gasteiger partial charge on any atom is -0.496 e. The molecule has 0 radical (unpaired) electrons. The van der Waals surface area contributed by atoms with Gasteiger partial charge in [0.2, 0.25) is 0 Å². The van der Waals surface area contributed by atoms with Gasteiger partial charge in [-0.05, 0) is 30.3 Å². The lowest BCUT2D eigenvalue weighted by Gasteiger charge is -2.35. The fourth-order valence-electron chi connectivity index (χ4n) is 3.77. The fourth-order valence-corrected chi connectivity index (χ4v) is 4.69. The second-order valence-electron chi connectivity index (χ2n) is 10.1. The third kappa shape index (κ3) is 4.78. The molecule has 0 spiro atoms. The molecule has 2 aromatic heterocycles. The van der Waals surface area contributed by atoms with E-state index in [1.165, 1.54) is 0 Å². The van der Waals surface area contributed by atoms with Crippen molar-refractivity contribution in [2.24, 2.45) is 0 Å². The molecule has 9 heteroatoms. The van der Waals surface area contributed by atoms with E-state index in [9.17, 15) is 0 Å². The molecule has 1 saturated heterocycles. The molecule has 34 heavy (non-hydrogen) atoms. The van der Waals surface area contributed by atoms with Crippen LogP contribution < -0.4 is 15.0 Å². The second kappa shape index (κ2) is 9.56. The molecule has 0 unspecified atom stereocenters. The van der Waals surface area contributed by atoms with Crippen molar-refractivity contribution >= 4 is 30.9 Å². The number of anilines is 2. The Morgan fingerprint density at radius 3 is 2.50 bits per heavy atom. The first kappa shape index (κ1) is 24.5. The third-order valence-electron chi connectivity index (χ3n) is 6.92. The number of nitrogens with zero attached hydrogens (tertiary/aromatic N) is 3. The Hall–Kier alpha value is -2.62. The summed E-state index contributed by atoms with van der Waals surface area (Å²) in [5, 5.41) is 3.25. The van der Waals surface area contributed by atoms with Crippen molar-refractivity contribution in [1.82, 2.24) is 9.97 Å². The van der Waals surface area contributed by atoms with E-state index < -0.39 is 8.32 Å². The van der Waals surface area contributed by atoms with Crippen LogP contribution in [-0.2, 0) is 15.8 Å². The number of fused-ring (bicyclic) bond motifs is 1. The van der Waals surface area contributed by atoms with Crippen LogP contribution in [-0.4, -0.2) is 58.7 Å². The van der Waals surface area contributed by atoms with Crippen LogP contribution in [0.3, 0.4) is 0 Å². The molecule has 3 aromatic rings. The van der Waals surface area contributed by atoms with Crippen molar-refractivity contribution in [3.05, 3.63) is 30.3 Å². The zero-order chi connectivity index (χ0) is 24.5. The minimum absolute atomic E-state index is 0.110. The Labute approximate surface area is 202 Å². The van der Waals surface area contributed by atoms with Crippen molar-refractivity contribution < 1.29 is 18.3 Å². The third-order valence-corrected chi connectivity index (χ3v) is 11.4. The summed E-state index contributed by atoms with van der Waals surface area (Å²) in [6.45, 7) is 14.7. The molecule has 1 fully saturated rings. The lowest BCUT2D eigenvalue weighted by molar-refractivity contribution is 0.122. The molecule has 0 amide bonds. The minimum atomic E-state index is -1.94. The summed E-state index contributed by atoms with van der Waals surface area (Å²) in [5.41, 5.74) is 4.27. The zero-order valence-electron chi connectivity index (χ0n) is 21.3. The highest BCUT2D eigenvalue weighted by Gasteiger charge is 2.37. The van der Waals surface area contributed by atoms with Gasteiger partial charge in [-0.1, -0.05) is 20.8 Å². The highest BCUT2D eigenvalue weighted by Crippen LogP contribution is 2.40. The molecule has 3 heterocycles. The summed E-state index contributed by atoms with van der Waals surface area (Å²) >= 11 is 0. The Kier molecular flexibility index (Phi) is 6.89. The van der Waals surface area contributed by atoms with Crippen LogP contribution in [0.15, 0.2) is 28.9 Å². The first-order valence-electron chi connectivity index (χ1n) is 11.8. The molecule has 0 bridgehead atoms. The van der Waals surface area contributed by atoms with Gasteiger partial charge in [0.25, 0.3) is 0 Å². The van der Waals surface area contributed by atoms with E-state index in [-0.39, 0.29) is 5.04 Å². The zero-order valence-corrected chi connectivity index (χ0v) is 22.3. The summed E-state index contributed by atoms with van der Waals surface area (Å²) in [7, 11) is 1.59. The molecule has 0 aliphatic carbocycles. The fraction of sp³-hybridized carbons (Fsp3) is 0.520. The van der Waals surface area contributed by atoms with Gasteiger partial charge < -0.3 is 28.5 Å². The molecule has 1 aromatic carbocycles. The van der Waals surface area contributed by atoms with Crippen molar-refractivity contribution in [1.29, 1.82) is 0 Å². The summed E-state index contributed by atoms with van der Waals surface area (Å²) < 4.78 is 23.6. The average Bonchev–Trinajstić information content (AvgIpc) is 3.25. The van der Waals surface area contributed by atoms with E-state index in [0.717, 1.165) is 54.4 Å². The number of nitrogens with one attached hydrogen (secondary N) is 1. The van der Waals surface area contributed by atoms with Gasteiger partial charge in [0.1, 0.15) is 17.5 Å². The number of furan rings is 1. The van der Waals surface area contributed by atoms with E-state index >= 15 is 0 Å². The number of methoxy groups -OCH3 is 1. The molecule has 8 nitrogen and oxygen atoms in total. The van der Waals surface area contributed by atoms with Crippen molar-refractivity contribution in [3.63, 3.8) is 0 Å². The Balaban J connectivity index is 1.71. The second-order valence-corrected chi connectivity index (χ2v) is 14.9. The lowest BCUT2D eigenvalue weighted by atomic mass is 10.1. The number of rotatable bonds is 7. The van der Waals surface area contributed by atoms with Gasteiger partial charge in [-0.3, -0.25) is 0 Å². The van der Waals surface area contributed by atoms with Gasteiger partial charge in [-0.2, -0.15) is 0 Å². The van der Waals surface area contributed by atoms with Crippen LogP contribution in [0.4, 0.5) is 11.5 Å². The van der Waals surface area contributed by atoms with Gasteiger partial charge in [0.15, 0.2) is 25.5 Å². The van der Waals surface area contributed by atoms with E-state index in [0.29, 0.717) is 23.8 Å². The monoisotopic (exact) mass is 484 g/mol. The van der Waals surface area contributed by atoms with Gasteiger partial charge in [0.05, 0.1) is 32.5 Å². The normalized spacial score (nSPS) is 15.1. The predicted octanol–water partition coefficient (Wildman–Crippen LogP) is 5.30. The van der Waals surface area contributed by atoms with Crippen LogP contribution >= 0.6 is 0 Å². The summed E-state index contributed by atoms with van der Waals surface area (Å²) in [6.07, 6.45) is 1.73. The molecular formula is C25H36N4O4Si. The Morgan fingerprint density at radius 2 is 1.85 bits per heavy atom. The largest absolute Gasteiger partial charge is 0.496 e. The number of morpholine rings is 1. The standard InChI is InChI=1S/C25H36N4O4Si/c1-25(2,3)34(6,7)33-16-21-27-22-19(15-32-23(22)24(26-4)28-21)18-9-8-17(14-20(18)30-5)29-10-12-31-13-11-29/h8-9,14-15H,10-13,16H2,1-7H3,(H,26,27,28). The highest BCUT2D eigenvalue weighted by molar-refractivity contribution is 6.74. The van der Waals surface area contributed by atoms with Crippen molar-refractivity contribution in [3.8, 4) is 16.9 Å². The van der Waals surface area contributed by atoms with Gasteiger partial charge in [0, 0.05) is 37.5 Å². The van der Waals surface area contributed by atoms with Crippen molar-refractivity contribution in [2.75, 3.05) is 50.7 Å². The van der Waals surface area contributed by atoms with Gasteiger partial charge in [-0.15, -0.1) is 0 Å². The van der Waals surface area contributed by atoms with Gasteiger partial charge >= 0.3 is 0 Å². The Bertz CT molecular complexity index is 1150. The number of hydrogen-bond acceptors (Lipinski definition) is 8. The molecule has 0 atom stereocenters. The lowest BCUT2D eigenvalue weighted by Crippen LogP contribution is -2.40. The maximum Gasteiger partial charge on any atom is 0.195 e. The first-order valence-corrected chi connectivity index (χ1v) is 14.7. The average molecular weight is 485 g/mol. The summed E-state index contributed by atoms with van der Waals surface area (Å²) in [4.78, 5) is 11.8. The predicted molar refractivity (Wildman–Crippen MR) is 138 cm³/mol. The maximum absolute atomic E-state index is 6.39. The van der Waals surface area contributed by atoms with Crippen LogP contribution in [0.5, 0.6) is 5.75 Å². The Morgan fingerprint density at radius 1 is 1.12 bits per heavy atom. The van der Waals surface area contributed by atoms with Crippen LogP contribution in [0, 0.1) is 0 Å². The summed E-state index contributed by atoms with van der Waals surface area (Å²) in [5.74, 6) is 2.05. The van der Waals surface area contributed by atoms with E-state index in [4.69, 9.17) is 23.3 Å². The molecule has 1 N–H and O–H groups in total. The van der Waals surface area contributed by atoms with E-state index in [1.807, 2.05) is 7.05 Å². The number of ether oxygens (including phenoxy) is 2. The molecule has 4 rings (SSSR count). The first-order chi connectivity index (χ1) is 16.1. The smallest absolute Gasteiger partial charge is 0.195 e. The number of hydrogen-bond donors (Lipinski definition) is 1. The maximum atomic E-state index is 6.39. The van der Waals surface area contributed by atoms with Crippen molar-refractivity contribution in [2.45, 2.75) is 45.5 Å². The van der Waals surface area contributed by atoms with E-state index in [2.05, 4.69) is 67.3 Å². The molecular weight excluding hydrogens is 448 g/mol. The molecule has 0 saturated carbocycles. The van der Waals surface area contributed by atoms with Crippen LogP contribution in [0.1, 0.15) is 26.6 Å². The highest BCUT2D eigenvalue weighted by atomic mass is 28.4. The van der Waals surface area contributed by atoms with Crippen LogP contribution in [0.25, 0.3) is 22.2 Å². The number of aromatic nitrogens is 2. The quantitative estimate of drug-likeness (QED) is 0.453. The molecule has 1 aliphatic rings. The van der Waals surface area contributed by atoms with E-state index in [1.54, 1.807) is 13.4 Å². The van der Waals surface area contributed by atoms with Crippen LogP contribution in [0.2, 0.25) is 18.1 Å². The molecule has 1 aliphatic heterocycles. The number of benzene rings is 1. The SMILES string of the molecule is CNc1nc(CO[Si](C)(C)C(C)(C)C)nc2c(-c3ccc(N4CCOCC4)cc3OC)coc12. The van der Waals surface area contributed by atoms with Gasteiger partial charge in [-0.25, -0.2) is 9.97 Å². The molecule has 184 valence electrons. The topological polar surface area (TPSA) is 81.9 Å². The summed E-state index contributed by atoms with van der Waals surface area (Å²) in [6, 6.07) is 6.26.